The fourth-order valence-corrected chi connectivity index (χ4v) is 1.69. The largest absolute Gasteiger partial charge is 0.477 e. The van der Waals surface area contributed by atoms with E-state index in [0.717, 1.165) is 0 Å². The third kappa shape index (κ3) is 5.27. The molecule has 0 aromatic carbocycles. The van der Waals surface area contributed by atoms with E-state index < -0.39 is 16.0 Å². The number of pyridine rings is 1. The normalized spacial score (nSPS) is 11.1. The molecule has 17 heavy (non-hydrogen) atoms. The van der Waals surface area contributed by atoms with Crippen LogP contribution in [-0.2, 0) is 10.0 Å². The van der Waals surface area contributed by atoms with Crippen LogP contribution in [0, 0.1) is 0 Å². The van der Waals surface area contributed by atoms with Crippen LogP contribution in [0.15, 0.2) is 18.2 Å². The first-order chi connectivity index (χ1) is 7.88. The molecule has 0 saturated heterocycles. The van der Waals surface area contributed by atoms with Crippen LogP contribution < -0.4 is 10.5 Å². The lowest BCUT2D eigenvalue weighted by Gasteiger charge is -2.05. The third-order valence-corrected chi connectivity index (χ3v) is 2.74. The van der Waals surface area contributed by atoms with Crippen molar-refractivity contribution in [2.75, 3.05) is 17.6 Å². The van der Waals surface area contributed by atoms with E-state index in [1.54, 1.807) is 12.1 Å². The molecule has 0 saturated carbocycles. The van der Waals surface area contributed by atoms with Crippen LogP contribution in [0.1, 0.15) is 16.9 Å². The highest BCUT2D eigenvalue weighted by molar-refractivity contribution is 7.89. The van der Waals surface area contributed by atoms with Crippen molar-refractivity contribution in [3.8, 4) is 0 Å². The van der Waals surface area contributed by atoms with Crippen molar-refractivity contribution in [3.63, 3.8) is 0 Å². The Kier molecular flexibility index (Phi) is 4.41. The number of aromatic carboxylic acids is 1. The second kappa shape index (κ2) is 5.60. The zero-order chi connectivity index (χ0) is 12.9. The van der Waals surface area contributed by atoms with Gasteiger partial charge in [-0.25, -0.2) is 23.3 Å². The summed E-state index contributed by atoms with van der Waals surface area (Å²) in [5, 5.41) is 16.3. The van der Waals surface area contributed by atoms with E-state index in [1.165, 1.54) is 6.07 Å². The lowest BCUT2D eigenvalue weighted by Crippen LogP contribution is -2.19. The molecule has 4 N–H and O–H groups in total. The van der Waals surface area contributed by atoms with Crippen LogP contribution in [-0.4, -0.2) is 36.8 Å². The van der Waals surface area contributed by atoms with Crippen LogP contribution in [0.3, 0.4) is 0 Å². The summed E-state index contributed by atoms with van der Waals surface area (Å²) in [5.74, 6) is -0.851. The minimum Gasteiger partial charge on any atom is -0.477 e. The summed E-state index contributed by atoms with van der Waals surface area (Å²) in [4.78, 5) is 14.4. The van der Waals surface area contributed by atoms with Gasteiger partial charge in [0, 0.05) is 6.54 Å². The molecule has 0 atom stereocenters. The number of hydrogen-bond donors (Lipinski definition) is 3. The summed E-state index contributed by atoms with van der Waals surface area (Å²) >= 11 is 0. The Balaban J connectivity index is 2.47. The molecule has 0 unspecified atom stereocenters. The van der Waals surface area contributed by atoms with Gasteiger partial charge in [0.05, 0.1) is 5.75 Å². The van der Waals surface area contributed by atoms with Crippen molar-refractivity contribution >= 4 is 21.8 Å². The molecule has 0 aliphatic rings. The fourth-order valence-electron chi connectivity index (χ4n) is 1.14. The Labute approximate surface area is 98.7 Å². The Bertz CT molecular complexity index is 501. The van der Waals surface area contributed by atoms with E-state index in [4.69, 9.17) is 10.2 Å². The van der Waals surface area contributed by atoms with Crippen molar-refractivity contribution in [1.29, 1.82) is 0 Å². The highest BCUT2D eigenvalue weighted by Gasteiger charge is 2.05. The lowest BCUT2D eigenvalue weighted by atomic mass is 10.3. The lowest BCUT2D eigenvalue weighted by molar-refractivity contribution is 0.0690. The van der Waals surface area contributed by atoms with Gasteiger partial charge in [-0.1, -0.05) is 6.07 Å². The summed E-state index contributed by atoms with van der Waals surface area (Å²) in [6, 6.07) is 4.53. The molecule has 94 valence electrons. The minimum atomic E-state index is -3.45. The maximum Gasteiger partial charge on any atom is 0.354 e. The van der Waals surface area contributed by atoms with E-state index in [-0.39, 0.29) is 11.4 Å². The Hall–Kier alpha value is -1.67. The van der Waals surface area contributed by atoms with E-state index in [0.29, 0.717) is 18.8 Å². The van der Waals surface area contributed by atoms with Gasteiger partial charge in [-0.3, -0.25) is 0 Å². The zero-order valence-corrected chi connectivity index (χ0v) is 9.77. The average molecular weight is 259 g/mol. The molecule has 0 radical (unpaired) electrons. The van der Waals surface area contributed by atoms with Gasteiger partial charge in [-0.05, 0) is 18.6 Å². The van der Waals surface area contributed by atoms with Crippen molar-refractivity contribution in [3.05, 3.63) is 23.9 Å². The third-order valence-electron chi connectivity index (χ3n) is 1.88. The number of nitrogens with zero attached hydrogens (tertiary/aromatic N) is 1. The second-order valence-corrected chi connectivity index (χ2v) is 5.09. The van der Waals surface area contributed by atoms with Gasteiger partial charge in [0.25, 0.3) is 0 Å². The van der Waals surface area contributed by atoms with Gasteiger partial charge in [0.2, 0.25) is 10.0 Å². The zero-order valence-electron chi connectivity index (χ0n) is 8.96. The molecule has 0 aliphatic heterocycles. The number of carboxylic acid groups (broad SMARTS) is 1. The highest BCUT2D eigenvalue weighted by Crippen LogP contribution is 2.04. The first-order valence-corrected chi connectivity index (χ1v) is 6.55. The molecule has 1 aromatic heterocycles. The van der Waals surface area contributed by atoms with Crippen molar-refractivity contribution in [1.82, 2.24) is 4.98 Å². The predicted octanol–water partition coefficient (Wildman–Crippen LogP) is -0.130. The number of rotatable bonds is 6. The average Bonchev–Trinajstić information content (AvgIpc) is 2.23. The summed E-state index contributed by atoms with van der Waals surface area (Å²) < 4.78 is 21.3. The summed E-state index contributed by atoms with van der Waals surface area (Å²) in [6.45, 7) is 0.354. The van der Waals surface area contributed by atoms with Crippen LogP contribution in [0.4, 0.5) is 5.82 Å². The number of aromatic nitrogens is 1. The van der Waals surface area contributed by atoms with Gasteiger partial charge >= 0.3 is 5.97 Å². The molecule has 0 spiro atoms. The number of carboxylic acids is 1. The van der Waals surface area contributed by atoms with Gasteiger partial charge < -0.3 is 10.4 Å². The van der Waals surface area contributed by atoms with Crippen LogP contribution >= 0.6 is 0 Å². The molecular formula is C9H13N3O4S. The van der Waals surface area contributed by atoms with E-state index >= 15 is 0 Å². The SMILES string of the molecule is NS(=O)(=O)CCCNc1cccc(C(=O)O)n1. The highest BCUT2D eigenvalue weighted by atomic mass is 32.2. The summed E-state index contributed by atoms with van der Waals surface area (Å²) in [5.41, 5.74) is -0.0681. The van der Waals surface area contributed by atoms with Crippen LogP contribution in [0.5, 0.6) is 0 Å². The number of hydrogen-bond acceptors (Lipinski definition) is 5. The van der Waals surface area contributed by atoms with Gasteiger partial charge in [0.15, 0.2) is 5.69 Å². The van der Waals surface area contributed by atoms with Gasteiger partial charge in [-0.2, -0.15) is 0 Å². The van der Waals surface area contributed by atoms with Gasteiger partial charge in [-0.15, -0.1) is 0 Å². The van der Waals surface area contributed by atoms with Crippen molar-refractivity contribution in [2.24, 2.45) is 5.14 Å². The maximum absolute atomic E-state index is 10.6. The Morgan fingerprint density at radius 2 is 2.18 bits per heavy atom. The Morgan fingerprint density at radius 1 is 1.47 bits per heavy atom. The first kappa shape index (κ1) is 13.4. The summed E-state index contributed by atoms with van der Waals surface area (Å²) in [6.07, 6.45) is 0.331. The van der Waals surface area contributed by atoms with E-state index in [2.05, 4.69) is 10.3 Å². The first-order valence-electron chi connectivity index (χ1n) is 4.83. The Morgan fingerprint density at radius 3 is 2.76 bits per heavy atom. The molecule has 0 aliphatic carbocycles. The molecule has 1 heterocycles. The van der Waals surface area contributed by atoms with Gasteiger partial charge in [0.1, 0.15) is 5.82 Å². The molecule has 8 heteroatoms. The van der Waals surface area contributed by atoms with Crippen LogP contribution in [0.25, 0.3) is 0 Å². The molecule has 1 rings (SSSR count). The number of sulfonamides is 1. The molecular weight excluding hydrogens is 246 g/mol. The number of nitrogens with two attached hydrogens (primary N) is 1. The molecule has 1 aromatic rings. The number of primary sulfonamides is 1. The standard InChI is InChI=1S/C9H13N3O4S/c10-17(15,16)6-2-5-11-8-4-1-3-7(12-8)9(13)14/h1,3-4H,2,5-6H2,(H,11,12)(H,13,14)(H2,10,15,16). The second-order valence-electron chi connectivity index (χ2n) is 3.36. The maximum atomic E-state index is 10.6. The molecule has 0 fully saturated rings. The molecule has 7 nitrogen and oxygen atoms in total. The predicted molar refractivity (Wildman–Crippen MR) is 62.3 cm³/mol. The number of nitrogens with one attached hydrogen (secondary N) is 1. The quantitative estimate of drug-likeness (QED) is 0.612. The fraction of sp³-hybridized carbons (Fsp3) is 0.333. The number of carbonyl (C=O) groups is 1. The van der Waals surface area contributed by atoms with Crippen LogP contribution in [0.2, 0.25) is 0 Å². The minimum absolute atomic E-state index is 0.0681. The van der Waals surface area contributed by atoms with E-state index in [1.807, 2.05) is 0 Å². The smallest absolute Gasteiger partial charge is 0.354 e. The number of anilines is 1. The molecule has 0 amide bonds. The van der Waals surface area contributed by atoms with E-state index in [9.17, 15) is 13.2 Å². The van der Waals surface area contributed by atoms with Crippen molar-refractivity contribution in [2.45, 2.75) is 6.42 Å². The topological polar surface area (TPSA) is 122 Å². The summed E-state index contributed by atoms with van der Waals surface area (Å²) in [7, 11) is -3.45. The monoisotopic (exact) mass is 259 g/mol. The van der Waals surface area contributed by atoms with Crippen molar-refractivity contribution < 1.29 is 18.3 Å². The molecule has 0 bridgehead atoms.